The number of amides is 2. The number of anilines is 1. The third kappa shape index (κ3) is 4.35. The van der Waals surface area contributed by atoms with Gasteiger partial charge in [-0.25, -0.2) is 4.98 Å². The molecule has 1 aliphatic heterocycles. The maximum Gasteiger partial charge on any atom is 0.264 e. The number of hydrogen-bond donors (Lipinski definition) is 1. The Morgan fingerprint density at radius 3 is 2.84 bits per heavy atom. The lowest BCUT2D eigenvalue weighted by Gasteiger charge is -2.22. The first-order valence-electron chi connectivity index (χ1n) is 10.1. The summed E-state index contributed by atoms with van der Waals surface area (Å²) in [6.07, 6.45) is 1.57. The molecule has 4 rings (SSSR count). The first-order chi connectivity index (χ1) is 15.1. The molecule has 0 radical (unpaired) electrons. The van der Waals surface area contributed by atoms with Crippen LogP contribution in [-0.4, -0.2) is 29.9 Å². The Balaban J connectivity index is 1.57. The number of nitrogens with zero attached hydrogens (tertiary/aromatic N) is 2. The molecule has 0 bridgehead atoms. The molecule has 7 heteroatoms. The fourth-order valence-corrected chi connectivity index (χ4v) is 3.41. The zero-order chi connectivity index (χ0) is 21.8. The van der Waals surface area contributed by atoms with Crippen LogP contribution in [0.15, 0.2) is 60.8 Å². The second-order valence-electron chi connectivity index (χ2n) is 7.14. The zero-order valence-corrected chi connectivity index (χ0v) is 17.4. The number of rotatable bonds is 6. The molecule has 2 amide bonds. The molecule has 0 spiro atoms. The molecular formula is C24H23N3O4. The minimum atomic E-state index is -0.336. The van der Waals surface area contributed by atoms with Crippen molar-refractivity contribution in [1.29, 1.82) is 0 Å². The van der Waals surface area contributed by atoms with Gasteiger partial charge < -0.3 is 14.8 Å². The highest BCUT2D eigenvalue weighted by atomic mass is 16.5. The van der Waals surface area contributed by atoms with Gasteiger partial charge in [0.25, 0.3) is 5.91 Å². The molecule has 0 fully saturated rings. The standard InChI is InChI=1S/C24H23N3O4/c1-3-30-20-9-5-4-7-17(20)14-26-22(28)15-27-19-13-16(2)10-11-21(19)31-23-18(24(27)29)8-6-12-25-23/h4-13H,3,14-15H2,1-2H3,(H,26,28). The largest absolute Gasteiger partial charge is 0.494 e. The Morgan fingerprint density at radius 1 is 1.16 bits per heavy atom. The van der Waals surface area contributed by atoms with Gasteiger partial charge in [0, 0.05) is 18.3 Å². The summed E-state index contributed by atoms with van der Waals surface area (Å²) in [5.41, 5.74) is 2.66. The normalized spacial score (nSPS) is 12.3. The third-order valence-corrected chi connectivity index (χ3v) is 4.91. The summed E-state index contributed by atoms with van der Waals surface area (Å²) in [6, 6.07) is 16.4. The van der Waals surface area contributed by atoms with Crippen molar-refractivity contribution >= 4 is 17.5 Å². The number of pyridine rings is 1. The van der Waals surface area contributed by atoms with Crippen molar-refractivity contribution in [3.05, 3.63) is 77.5 Å². The Kier molecular flexibility index (Phi) is 5.84. The number of aromatic nitrogens is 1. The van der Waals surface area contributed by atoms with Crippen molar-refractivity contribution in [1.82, 2.24) is 10.3 Å². The van der Waals surface area contributed by atoms with Crippen molar-refractivity contribution in [2.45, 2.75) is 20.4 Å². The van der Waals surface area contributed by atoms with Crippen LogP contribution in [0.25, 0.3) is 0 Å². The number of ether oxygens (including phenoxy) is 2. The van der Waals surface area contributed by atoms with E-state index in [1.165, 1.54) is 4.90 Å². The van der Waals surface area contributed by atoms with Crippen LogP contribution < -0.4 is 19.7 Å². The topological polar surface area (TPSA) is 80.8 Å². The minimum absolute atomic E-state index is 0.149. The summed E-state index contributed by atoms with van der Waals surface area (Å²) in [7, 11) is 0. The molecule has 3 aromatic rings. The number of fused-ring (bicyclic) bond motifs is 2. The second kappa shape index (κ2) is 8.87. The van der Waals surface area contributed by atoms with Gasteiger partial charge in [-0.2, -0.15) is 0 Å². The van der Waals surface area contributed by atoms with E-state index in [1.807, 2.05) is 50.2 Å². The highest BCUT2D eigenvalue weighted by Crippen LogP contribution is 2.38. The van der Waals surface area contributed by atoms with Gasteiger partial charge in [-0.3, -0.25) is 14.5 Å². The van der Waals surface area contributed by atoms with E-state index in [-0.39, 0.29) is 24.2 Å². The van der Waals surface area contributed by atoms with Crippen molar-refractivity contribution in [2.75, 3.05) is 18.1 Å². The molecule has 1 N–H and O–H groups in total. The second-order valence-corrected chi connectivity index (χ2v) is 7.14. The molecule has 0 saturated carbocycles. The summed E-state index contributed by atoms with van der Waals surface area (Å²) < 4.78 is 11.5. The highest BCUT2D eigenvalue weighted by Gasteiger charge is 2.30. The average Bonchev–Trinajstić information content (AvgIpc) is 2.88. The van der Waals surface area contributed by atoms with Crippen LogP contribution in [0.5, 0.6) is 17.4 Å². The van der Waals surface area contributed by atoms with Crippen molar-refractivity contribution < 1.29 is 19.1 Å². The summed E-state index contributed by atoms with van der Waals surface area (Å²) >= 11 is 0. The number of benzene rings is 2. The Morgan fingerprint density at radius 2 is 2.00 bits per heavy atom. The highest BCUT2D eigenvalue weighted by molar-refractivity contribution is 6.11. The van der Waals surface area contributed by atoms with E-state index in [1.54, 1.807) is 24.4 Å². The van der Waals surface area contributed by atoms with Gasteiger partial charge in [0.1, 0.15) is 17.9 Å². The predicted octanol–water partition coefficient (Wildman–Crippen LogP) is 3.86. The molecule has 31 heavy (non-hydrogen) atoms. The maximum absolute atomic E-state index is 13.3. The van der Waals surface area contributed by atoms with E-state index < -0.39 is 0 Å². The molecule has 0 unspecified atom stereocenters. The fourth-order valence-electron chi connectivity index (χ4n) is 3.41. The third-order valence-electron chi connectivity index (χ3n) is 4.91. The number of para-hydroxylation sites is 1. The van der Waals surface area contributed by atoms with E-state index in [4.69, 9.17) is 9.47 Å². The van der Waals surface area contributed by atoms with Crippen LogP contribution in [0, 0.1) is 6.92 Å². The molecule has 1 aromatic heterocycles. The lowest BCUT2D eigenvalue weighted by molar-refractivity contribution is -0.119. The van der Waals surface area contributed by atoms with Crippen molar-refractivity contribution in [3.63, 3.8) is 0 Å². The smallest absolute Gasteiger partial charge is 0.264 e. The lowest BCUT2D eigenvalue weighted by Crippen LogP contribution is -2.40. The van der Waals surface area contributed by atoms with Crippen LogP contribution in [0.4, 0.5) is 5.69 Å². The van der Waals surface area contributed by atoms with Crippen molar-refractivity contribution in [2.24, 2.45) is 0 Å². The zero-order valence-electron chi connectivity index (χ0n) is 17.4. The first-order valence-corrected chi connectivity index (χ1v) is 10.1. The predicted molar refractivity (Wildman–Crippen MR) is 117 cm³/mol. The number of carbonyl (C=O) groups is 2. The summed E-state index contributed by atoms with van der Waals surface area (Å²) in [4.78, 5) is 31.7. The molecular weight excluding hydrogens is 394 g/mol. The Labute approximate surface area is 180 Å². The monoisotopic (exact) mass is 417 g/mol. The Bertz CT molecular complexity index is 1130. The van der Waals surface area contributed by atoms with Gasteiger partial charge in [-0.1, -0.05) is 24.3 Å². The van der Waals surface area contributed by atoms with E-state index in [9.17, 15) is 9.59 Å². The fraction of sp³-hybridized carbons (Fsp3) is 0.208. The molecule has 1 aliphatic rings. The van der Waals surface area contributed by atoms with Gasteiger partial charge in [0.2, 0.25) is 11.8 Å². The molecule has 158 valence electrons. The molecule has 7 nitrogen and oxygen atoms in total. The number of hydrogen-bond acceptors (Lipinski definition) is 5. The van der Waals surface area contributed by atoms with Gasteiger partial charge in [0.15, 0.2) is 5.75 Å². The van der Waals surface area contributed by atoms with E-state index in [0.717, 1.165) is 16.9 Å². The lowest BCUT2D eigenvalue weighted by atomic mass is 10.1. The minimum Gasteiger partial charge on any atom is -0.494 e. The van der Waals surface area contributed by atoms with Gasteiger partial charge in [-0.15, -0.1) is 0 Å². The summed E-state index contributed by atoms with van der Waals surface area (Å²) in [5, 5.41) is 2.89. The maximum atomic E-state index is 13.3. The van der Waals surface area contributed by atoms with Crippen molar-refractivity contribution in [3.8, 4) is 17.4 Å². The molecule has 0 saturated heterocycles. The molecule has 0 aliphatic carbocycles. The van der Waals surface area contributed by atoms with E-state index in [2.05, 4.69) is 10.3 Å². The summed E-state index contributed by atoms with van der Waals surface area (Å²) in [6.45, 7) is 4.52. The van der Waals surface area contributed by atoms with Gasteiger partial charge >= 0.3 is 0 Å². The van der Waals surface area contributed by atoms with Crippen LogP contribution in [0.3, 0.4) is 0 Å². The van der Waals surface area contributed by atoms with E-state index >= 15 is 0 Å². The van der Waals surface area contributed by atoms with Gasteiger partial charge in [-0.05, 0) is 49.7 Å². The average molecular weight is 417 g/mol. The molecule has 2 heterocycles. The van der Waals surface area contributed by atoms with Gasteiger partial charge in [0.05, 0.1) is 12.3 Å². The van der Waals surface area contributed by atoms with Crippen LogP contribution in [0.2, 0.25) is 0 Å². The van der Waals surface area contributed by atoms with Crippen LogP contribution in [0.1, 0.15) is 28.4 Å². The number of aryl methyl sites for hydroxylation is 1. The SMILES string of the molecule is CCOc1ccccc1CNC(=O)CN1C(=O)c2cccnc2Oc2ccc(C)cc21. The quantitative estimate of drug-likeness (QED) is 0.659. The van der Waals surface area contributed by atoms with Crippen LogP contribution >= 0.6 is 0 Å². The number of carbonyl (C=O) groups excluding carboxylic acids is 2. The number of nitrogens with one attached hydrogen (secondary N) is 1. The summed E-state index contributed by atoms with van der Waals surface area (Å²) in [5.74, 6) is 0.805. The van der Waals surface area contributed by atoms with E-state index in [0.29, 0.717) is 30.2 Å². The Hall–Kier alpha value is -3.87. The van der Waals surface area contributed by atoms with Crippen LogP contribution in [-0.2, 0) is 11.3 Å². The molecule has 0 atom stereocenters. The molecule has 2 aromatic carbocycles. The first kappa shape index (κ1) is 20.4.